The number of rotatable bonds is 4. The Morgan fingerprint density at radius 3 is 2.89 bits per heavy atom. The van der Waals surface area contributed by atoms with Crippen molar-refractivity contribution in [1.29, 1.82) is 0 Å². The van der Waals surface area contributed by atoms with Gasteiger partial charge in [0.1, 0.15) is 0 Å². The summed E-state index contributed by atoms with van der Waals surface area (Å²) in [6.45, 7) is 8.80. The summed E-state index contributed by atoms with van der Waals surface area (Å²) in [5.74, 6) is 0. The lowest BCUT2D eigenvalue weighted by atomic mass is 9.92. The van der Waals surface area contributed by atoms with Gasteiger partial charge in [0.2, 0.25) is 0 Å². The molecule has 1 heterocycles. The number of para-hydroxylation sites is 1. The molecule has 1 aromatic rings. The maximum atomic E-state index is 10.6. The standard InChI is InChI=1S/C17H25NO/c1-4-12-17(3,19)14(2)18-13-8-7-10-15-9-5-6-11-16(15)18/h4-6,9,11,14,19H,1,7-8,10,12-13H2,2-3H3/t14-,17+/m1/s1. The second-order valence-corrected chi connectivity index (χ2v) is 5.81. The molecule has 1 aromatic carbocycles. The normalized spacial score (nSPS) is 20.1. The molecular weight excluding hydrogens is 234 g/mol. The predicted octanol–water partition coefficient (Wildman–Crippen LogP) is 3.54. The van der Waals surface area contributed by atoms with Gasteiger partial charge in [-0.05, 0) is 51.2 Å². The summed E-state index contributed by atoms with van der Waals surface area (Å²) in [6, 6.07) is 8.68. The summed E-state index contributed by atoms with van der Waals surface area (Å²) in [5, 5.41) is 10.6. The maximum absolute atomic E-state index is 10.6. The van der Waals surface area contributed by atoms with E-state index in [1.807, 2.05) is 6.92 Å². The first-order valence-electron chi connectivity index (χ1n) is 7.24. The van der Waals surface area contributed by atoms with Crippen molar-refractivity contribution in [2.75, 3.05) is 11.4 Å². The lowest BCUT2D eigenvalue weighted by Gasteiger charge is -2.40. The minimum atomic E-state index is -0.737. The molecule has 1 aliphatic rings. The first-order valence-corrected chi connectivity index (χ1v) is 7.24. The Balaban J connectivity index is 2.31. The molecule has 0 radical (unpaired) electrons. The zero-order chi connectivity index (χ0) is 13.9. The smallest absolute Gasteiger partial charge is 0.0853 e. The number of benzene rings is 1. The number of fused-ring (bicyclic) bond motifs is 1. The molecule has 0 aromatic heterocycles. The molecular formula is C17H25NO. The monoisotopic (exact) mass is 259 g/mol. The van der Waals surface area contributed by atoms with Gasteiger partial charge in [-0.2, -0.15) is 0 Å². The molecule has 0 bridgehead atoms. The Morgan fingerprint density at radius 2 is 2.16 bits per heavy atom. The molecule has 2 atom stereocenters. The molecule has 0 saturated carbocycles. The van der Waals surface area contributed by atoms with E-state index < -0.39 is 5.60 Å². The van der Waals surface area contributed by atoms with E-state index in [1.165, 1.54) is 24.1 Å². The fourth-order valence-corrected chi connectivity index (χ4v) is 2.92. The number of anilines is 1. The molecule has 0 fully saturated rings. The second-order valence-electron chi connectivity index (χ2n) is 5.81. The van der Waals surface area contributed by atoms with E-state index in [0.29, 0.717) is 6.42 Å². The van der Waals surface area contributed by atoms with Crippen LogP contribution in [0.25, 0.3) is 0 Å². The van der Waals surface area contributed by atoms with Crippen LogP contribution < -0.4 is 4.90 Å². The zero-order valence-electron chi connectivity index (χ0n) is 12.1. The van der Waals surface area contributed by atoms with Gasteiger partial charge in [-0.25, -0.2) is 0 Å². The fraction of sp³-hybridized carbons (Fsp3) is 0.529. The van der Waals surface area contributed by atoms with Crippen molar-refractivity contribution < 1.29 is 5.11 Å². The Morgan fingerprint density at radius 1 is 1.42 bits per heavy atom. The Labute approximate surface area is 116 Å². The molecule has 0 amide bonds. The first kappa shape index (κ1) is 14.1. The average molecular weight is 259 g/mol. The van der Waals surface area contributed by atoms with Crippen LogP contribution in [0.15, 0.2) is 36.9 Å². The van der Waals surface area contributed by atoms with Crippen LogP contribution >= 0.6 is 0 Å². The van der Waals surface area contributed by atoms with Crippen LogP contribution in [0.1, 0.15) is 38.7 Å². The van der Waals surface area contributed by atoms with Crippen LogP contribution in [0.2, 0.25) is 0 Å². The zero-order valence-corrected chi connectivity index (χ0v) is 12.1. The van der Waals surface area contributed by atoms with Gasteiger partial charge in [-0.15, -0.1) is 6.58 Å². The van der Waals surface area contributed by atoms with Crippen LogP contribution in [0.3, 0.4) is 0 Å². The third-order valence-electron chi connectivity index (χ3n) is 4.32. The highest BCUT2D eigenvalue weighted by atomic mass is 16.3. The Bertz CT molecular complexity index is 439. The first-order chi connectivity index (χ1) is 9.06. The molecule has 1 aliphatic heterocycles. The van der Waals surface area contributed by atoms with Crippen molar-refractivity contribution in [3.05, 3.63) is 42.5 Å². The number of hydrogen-bond donors (Lipinski definition) is 1. The molecule has 0 spiro atoms. The van der Waals surface area contributed by atoms with Crippen LogP contribution in [0, 0.1) is 0 Å². The van der Waals surface area contributed by atoms with Crippen molar-refractivity contribution in [3.8, 4) is 0 Å². The van der Waals surface area contributed by atoms with E-state index in [2.05, 4.69) is 42.7 Å². The third-order valence-corrected chi connectivity index (χ3v) is 4.32. The van der Waals surface area contributed by atoms with Gasteiger partial charge in [0.25, 0.3) is 0 Å². The van der Waals surface area contributed by atoms with Crippen molar-refractivity contribution >= 4 is 5.69 Å². The molecule has 2 heteroatoms. The molecule has 0 aliphatic carbocycles. The molecule has 104 valence electrons. The molecule has 2 rings (SSSR count). The SMILES string of the molecule is C=CC[C@](C)(O)[C@@H](C)N1CCCCc2ccccc21. The summed E-state index contributed by atoms with van der Waals surface area (Å²) < 4.78 is 0. The molecule has 0 unspecified atom stereocenters. The highest BCUT2D eigenvalue weighted by molar-refractivity contribution is 5.55. The van der Waals surface area contributed by atoms with Crippen LogP contribution in [0.4, 0.5) is 5.69 Å². The van der Waals surface area contributed by atoms with Crippen LogP contribution in [-0.2, 0) is 6.42 Å². The summed E-state index contributed by atoms with van der Waals surface area (Å²) in [5.41, 5.74) is 1.96. The van der Waals surface area contributed by atoms with Gasteiger partial charge in [0.15, 0.2) is 0 Å². The van der Waals surface area contributed by atoms with Crippen molar-refractivity contribution in [2.24, 2.45) is 0 Å². The van der Waals surface area contributed by atoms with Crippen LogP contribution in [-0.4, -0.2) is 23.3 Å². The van der Waals surface area contributed by atoms with Crippen molar-refractivity contribution in [2.45, 2.75) is 51.2 Å². The lowest BCUT2D eigenvalue weighted by molar-refractivity contribution is 0.0385. The number of nitrogens with zero attached hydrogens (tertiary/aromatic N) is 1. The second kappa shape index (κ2) is 5.79. The summed E-state index contributed by atoms with van der Waals surface area (Å²) in [4.78, 5) is 2.37. The summed E-state index contributed by atoms with van der Waals surface area (Å²) in [6.07, 6.45) is 5.98. The van der Waals surface area contributed by atoms with E-state index in [4.69, 9.17) is 0 Å². The number of hydrogen-bond acceptors (Lipinski definition) is 2. The van der Waals surface area contributed by atoms with Gasteiger partial charge in [-0.1, -0.05) is 24.3 Å². The largest absolute Gasteiger partial charge is 0.388 e. The van der Waals surface area contributed by atoms with Gasteiger partial charge < -0.3 is 10.0 Å². The van der Waals surface area contributed by atoms with Gasteiger partial charge >= 0.3 is 0 Å². The highest BCUT2D eigenvalue weighted by Crippen LogP contribution is 2.31. The number of aryl methyl sites for hydroxylation is 1. The van der Waals surface area contributed by atoms with E-state index in [9.17, 15) is 5.11 Å². The quantitative estimate of drug-likeness (QED) is 0.836. The van der Waals surface area contributed by atoms with Gasteiger partial charge in [0, 0.05) is 12.2 Å². The van der Waals surface area contributed by atoms with Gasteiger partial charge in [0.05, 0.1) is 11.6 Å². The third kappa shape index (κ3) is 3.01. The number of aliphatic hydroxyl groups is 1. The molecule has 0 saturated heterocycles. The molecule has 2 nitrogen and oxygen atoms in total. The Kier molecular flexibility index (Phi) is 4.31. The molecule has 19 heavy (non-hydrogen) atoms. The highest BCUT2D eigenvalue weighted by Gasteiger charge is 2.33. The minimum absolute atomic E-state index is 0.0877. The minimum Gasteiger partial charge on any atom is -0.388 e. The van der Waals surface area contributed by atoms with E-state index >= 15 is 0 Å². The van der Waals surface area contributed by atoms with Crippen molar-refractivity contribution in [3.63, 3.8) is 0 Å². The van der Waals surface area contributed by atoms with E-state index in [0.717, 1.165) is 13.0 Å². The van der Waals surface area contributed by atoms with Crippen LogP contribution in [0.5, 0.6) is 0 Å². The maximum Gasteiger partial charge on any atom is 0.0853 e. The molecule has 1 N–H and O–H groups in total. The van der Waals surface area contributed by atoms with E-state index in [1.54, 1.807) is 6.08 Å². The lowest BCUT2D eigenvalue weighted by Crippen LogP contribution is -2.49. The Hall–Kier alpha value is -1.28. The average Bonchev–Trinajstić information content (AvgIpc) is 2.60. The summed E-state index contributed by atoms with van der Waals surface area (Å²) >= 11 is 0. The van der Waals surface area contributed by atoms with E-state index in [-0.39, 0.29) is 6.04 Å². The summed E-state index contributed by atoms with van der Waals surface area (Å²) in [7, 11) is 0. The predicted molar refractivity (Wildman–Crippen MR) is 81.6 cm³/mol. The topological polar surface area (TPSA) is 23.5 Å². The fourth-order valence-electron chi connectivity index (χ4n) is 2.92. The van der Waals surface area contributed by atoms with Gasteiger partial charge in [-0.3, -0.25) is 0 Å². The van der Waals surface area contributed by atoms with Crippen molar-refractivity contribution in [1.82, 2.24) is 0 Å².